The minimum absolute atomic E-state index is 0.147. The van der Waals surface area contributed by atoms with Crippen molar-refractivity contribution in [3.63, 3.8) is 0 Å². The number of piperazine rings is 1. The Balaban J connectivity index is 1.59. The largest absolute Gasteiger partial charge is 0.349 e. The number of carbonyl (C=O) groups excluding carboxylic acids is 1. The molecule has 4 heteroatoms. The van der Waals surface area contributed by atoms with E-state index in [4.69, 9.17) is 0 Å². The minimum Gasteiger partial charge on any atom is -0.349 e. The van der Waals surface area contributed by atoms with Crippen molar-refractivity contribution in [1.29, 1.82) is 0 Å². The van der Waals surface area contributed by atoms with Crippen LogP contribution in [0.4, 0.5) is 0 Å². The molecular formula is C17H25N3O. The third kappa shape index (κ3) is 4.29. The highest BCUT2D eigenvalue weighted by atomic mass is 16.2. The van der Waals surface area contributed by atoms with Crippen molar-refractivity contribution in [3.8, 4) is 0 Å². The molecule has 0 aromatic heterocycles. The van der Waals surface area contributed by atoms with Gasteiger partial charge in [0, 0.05) is 38.6 Å². The SMILES string of the molecule is O=C(N[C@@H](CCN1CCNCC1)c1ccccc1)C1CC1. The lowest BCUT2D eigenvalue weighted by molar-refractivity contribution is -0.123. The molecule has 3 rings (SSSR count). The molecule has 0 bridgehead atoms. The number of nitrogens with zero attached hydrogens (tertiary/aromatic N) is 1. The lowest BCUT2D eigenvalue weighted by atomic mass is 10.0. The summed E-state index contributed by atoms with van der Waals surface area (Å²) in [5.74, 6) is 0.513. The molecule has 1 aromatic rings. The average molecular weight is 287 g/mol. The van der Waals surface area contributed by atoms with Crippen molar-refractivity contribution in [2.24, 2.45) is 5.92 Å². The summed E-state index contributed by atoms with van der Waals surface area (Å²) in [7, 11) is 0. The number of rotatable bonds is 6. The lowest BCUT2D eigenvalue weighted by Crippen LogP contribution is -2.44. The number of benzene rings is 1. The molecule has 2 aliphatic rings. The molecule has 4 nitrogen and oxygen atoms in total. The van der Waals surface area contributed by atoms with Crippen molar-refractivity contribution in [2.75, 3.05) is 32.7 Å². The van der Waals surface area contributed by atoms with Gasteiger partial charge in [-0.15, -0.1) is 0 Å². The summed E-state index contributed by atoms with van der Waals surface area (Å²) in [6.07, 6.45) is 3.11. The zero-order valence-electron chi connectivity index (χ0n) is 12.6. The van der Waals surface area contributed by atoms with E-state index in [1.165, 1.54) is 5.56 Å². The van der Waals surface area contributed by atoms with Gasteiger partial charge < -0.3 is 15.5 Å². The molecule has 2 N–H and O–H groups in total. The van der Waals surface area contributed by atoms with Crippen LogP contribution in [0, 0.1) is 5.92 Å². The van der Waals surface area contributed by atoms with Crippen LogP contribution in [0.2, 0.25) is 0 Å². The Kier molecular flexibility index (Phi) is 4.88. The number of amides is 1. The topological polar surface area (TPSA) is 44.4 Å². The zero-order chi connectivity index (χ0) is 14.5. The van der Waals surface area contributed by atoms with Gasteiger partial charge >= 0.3 is 0 Å². The molecule has 1 aliphatic heterocycles. The highest BCUT2D eigenvalue weighted by molar-refractivity contribution is 5.81. The predicted octanol–water partition coefficient (Wildman–Crippen LogP) is 1.55. The first-order valence-corrected chi connectivity index (χ1v) is 8.11. The summed E-state index contributed by atoms with van der Waals surface area (Å²) < 4.78 is 0. The molecular weight excluding hydrogens is 262 g/mol. The zero-order valence-corrected chi connectivity index (χ0v) is 12.6. The van der Waals surface area contributed by atoms with Gasteiger partial charge in [0.15, 0.2) is 0 Å². The van der Waals surface area contributed by atoms with E-state index in [-0.39, 0.29) is 17.9 Å². The van der Waals surface area contributed by atoms with Crippen LogP contribution < -0.4 is 10.6 Å². The van der Waals surface area contributed by atoms with E-state index in [2.05, 4.69) is 39.8 Å². The predicted molar refractivity (Wildman–Crippen MR) is 84.0 cm³/mol. The molecule has 1 amide bonds. The van der Waals surface area contributed by atoms with E-state index in [1.807, 2.05) is 6.07 Å². The number of carbonyl (C=O) groups is 1. The van der Waals surface area contributed by atoms with Gasteiger partial charge in [-0.05, 0) is 24.8 Å². The minimum atomic E-state index is 0.147. The average Bonchev–Trinajstić information content (AvgIpc) is 3.38. The summed E-state index contributed by atoms with van der Waals surface area (Å²) in [6.45, 7) is 5.41. The molecule has 1 heterocycles. The van der Waals surface area contributed by atoms with Gasteiger partial charge in [-0.1, -0.05) is 30.3 Å². The van der Waals surface area contributed by atoms with Crippen LogP contribution in [0.1, 0.15) is 30.9 Å². The summed E-state index contributed by atoms with van der Waals surface area (Å²) in [5, 5.41) is 6.63. The molecule has 0 spiro atoms. The van der Waals surface area contributed by atoms with Gasteiger partial charge in [-0.2, -0.15) is 0 Å². The van der Waals surface area contributed by atoms with Crippen LogP contribution in [0.5, 0.6) is 0 Å². The fourth-order valence-corrected chi connectivity index (χ4v) is 2.89. The Hall–Kier alpha value is -1.39. The monoisotopic (exact) mass is 287 g/mol. The van der Waals surface area contributed by atoms with Gasteiger partial charge in [0.25, 0.3) is 0 Å². The first-order valence-electron chi connectivity index (χ1n) is 8.11. The van der Waals surface area contributed by atoms with Crippen LogP contribution in [0.15, 0.2) is 30.3 Å². The van der Waals surface area contributed by atoms with E-state index < -0.39 is 0 Å². The molecule has 2 fully saturated rings. The molecule has 1 saturated heterocycles. The van der Waals surface area contributed by atoms with E-state index in [9.17, 15) is 4.79 Å². The van der Waals surface area contributed by atoms with Gasteiger partial charge in [-0.3, -0.25) is 4.79 Å². The maximum absolute atomic E-state index is 12.1. The Morgan fingerprint density at radius 2 is 1.95 bits per heavy atom. The van der Waals surface area contributed by atoms with Crippen molar-refractivity contribution < 1.29 is 4.79 Å². The fraction of sp³-hybridized carbons (Fsp3) is 0.588. The van der Waals surface area contributed by atoms with Crippen molar-refractivity contribution >= 4 is 5.91 Å². The summed E-state index contributed by atoms with van der Waals surface area (Å²) in [6, 6.07) is 10.5. The quantitative estimate of drug-likeness (QED) is 0.834. The fourth-order valence-electron chi connectivity index (χ4n) is 2.89. The molecule has 1 saturated carbocycles. The Morgan fingerprint density at radius 3 is 2.62 bits per heavy atom. The molecule has 1 atom stereocenters. The lowest BCUT2D eigenvalue weighted by Gasteiger charge is -2.29. The highest BCUT2D eigenvalue weighted by Crippen LogP contribution is 2.30. The normalized spacial score (nSPS) is 21.0. The first-order chi connectivity index (χ1) is 10.3. The van der Waals surface area contributed by atoms with Crippen LogP contribution in [0.3, 0.4) is 0 Å². The van der Waals surface area contributed by atoms with E-state index in [1.54, 1.807) is 0 Å². The Bertz CT molecular complexity index is 452. The van der Waals surface area contributed by atoms with E-state index >= 15 is 0 Å². The van der Waals surface area contributed by atoms with Crippen LogP contribution in [0.25, 0.3) is 0 Å². The molecule has 114 valence electrons. The highest BCUT2D eigenvalue weighted by Gasteiger charge is 2.31. The van der Waals surface area contributed by atoms with Crippen molar-refractivity contribution in [3.05, 3.63) is 35.9 Å². The standard InChI is InChI=1S/C17H25N3O/c21-17(15-6-7-15)19-16(14-4-2-1-3-5-14)8-11-20-12-9-18-10-13-20/h1-5,15-16,18H,6-13H2,(H,19,21)/t16-/m0/s1. The summed E-state index contributed by atoms with van der Waals surface area (Å²) >= 11 is 0. The first kappa shape index (κ1) is 14.5. The van der Waals surface area contributed by atoms with Gasteiger partial charge in [0.2, 0.25) is 5.91 Å². The van der Waals surface area contributed by atoms with E-state index in [0.717, 1.165) is 52.0 Å². The second-order valence-electron chi connectivity index (χ2n) is 6.13. The third-order valence-corrected chi connectivity index (χ3v) is 4.41. The Morgan fingerprint density at radius 1 is 1.24 bits per heavy atom. The van der Waals surface area contributed by atoms with Gasteiger partial charge in [-0.25, -0.2) is 0 Å². The van der Waals surface area contributed by atoms with E-state index in [0.29, 0.717) is 0 Å². The summed E-state index contributed by atoms with van der Waals surface area (Å²) in [5.41, 5.74) is 1.22. The number of hydrogen-bond acceptors (Lipinski definition) is 3. The maximum atomic E-state index is 12.1. The van der Waals surface area contributed by atoms with Crippen molar-refractivity contribution in [1.82, 2.24) is 15.5 Å². The Labute approximate surface area is 126 Å². The molecule has 21 heavy (non-hydrogen) atoms. The van der Waals surface area contributed by atoms with Gasteiger partial charge in [0.05, 0.1) is 6.04 Å². The van der Waals surface area contributed by atoms with Crippen molar-refractivity contribution in [2.45, 2.75) is 25.3 Å². The van der Waals surface area contributed by atoms with Crippen LogP contribution in [-0.4, -0.2) is 43.5 Å². The van der Waals surface area contributed by atoms with Crippen LogP contribution in [-0.2, 0) is 4.79 Å². The third-order valence-electron chi connectivity index (χ3n) is 4.41. The van der Waals surface area contributed by atoms with Gasteiger partial charge in [0.1, 0.15) is 0 Å². The second-order valence-corrected chi connectivity index (χ2v) is 6.13. The number of nitrogens with one attached hydrogen (secondary N) is 2. The summed E-state index contributed by atoms with van der Waals surface area (Å²) in [4.78, 5) is 14.6. The number of hydrogen-bond donors (Lipinski definition) is 2. The second kappa shape index (κ2) is 7.05. The molecule has 0 unspecified atom stereocenters. The smallest absolute Gasteiger partial charge is 0.223 e. The maximum Gasteiger partial charge on any atom is 0.223 e. The molecule has 1 aliphatic carbocycles. The molecule has 0 radical (unpaired) electrons. The molecule has 1 aromatic carbocycles. The van der Waals surface area contributed by atoms with Crippen LogP contribution >= 0.6 is 0 Å².